The largest absolute Gasteiger partial charge is 0.481 e. The van der Waals surface area contributed by atoms with Crippen LogP contribution in [-0.2, 0) is 10.0 Å². The fraction of sp³-hybridized carbons (Fsp3) is 0.273. The van der Waals surface area contributed by atoms with Crippen LogP contribution >= 0.6 is 0 Å². The maximum atomic E-state index is 11.1. The lowest BCUT2D eigenvalue weighted by Crippen LogP contribution is -2.12. The second-order valence-corrected chi connectivity index (χ2v) is 4.75. The average Bonchev–Trinajstić information content (AvgIpc) is 2.19. The van der Waals surface area contributed by atoms with Crippen LogP contribution in [0.1, 0.15) is 12.5 Å². The number of aryl methyl sites for hydroxylation is 1. The molecule has 0 aliphatic carbocycles. The summed E-state index contributed by atoms with van der Waals surface area (Å²) in [6, 6.07) is 4.47. The second kappa shape index (κ2) is 5.01. The maximum Gasteiger partial charge on any atom is 0.238 e. The Labute approximate surface area is 95.5 Å². The van der Waals surface area contributed by atoms with Gasteiger partial charge in [-0.1, -0.05) is 5.92 Å². The van der Waals surface area contributed by atoms with E-state index in [2.05, 4.69) is 11.8 Å². The van der Waals surface area contributed by atoms with Crippen LogP contribution in [0.25, 0.3) is 0 Å². The van der Waals surface area contributed by atoms with Gasteiger partial charge in [0.25, 0.3) is 0 Å². The molecule has 0 fully saturated rings. The van der Waals surface area contributed by atoms with E-state index < -0.39 is 10.0 Å². The van der Waals surface area contributed by atoms with Crippen molar-refractivity contribution in [2.75, 3.05) is 6.61 Å². The van der Waals surface area contributed by atoms with Crippen molar-refractivity contribution in [3.05, 3.63) is 23.8 Å². The maximum absolute atomic E-state index is 11.1. The highest BCUT2D eigenvalue weighted by Gasteiger charge is 2.09. The van der Waals surface area contributed by atoms with Gasteiger partial charge in [0, 0.05) is 0 Å². The van der Waals surface area contributed by atoms with Gasteiger partial charge in [0.05, 0.1) is 4.90 Å². The first-order valence-electron chi connectivity index (χ1n) is 4.61. The van der Waals surface area contributed by atoms with Gasteiger partial charge < -0.3 is 4.74 Å². The Hall–Kier alpha value is -1.51. The van der Waals surface area contributed by atoms with Crippen molar-refractivity contribution in [3.63, 3.8) is 0 Å². The van der Waals surface area contributed by atoms with Crippen molar-refractivity contribution in [2.24, 2.45) is 5.14 Å². The molecule has 86 valence electrons. The molecule has 0 unspecified atom stereocenters. The third kappa shape index (κ3) is 3.26. The number of nitrogens with two attached hydrogens (primary N) is 1. The van der Waals surface area contributed by atoms with Crippen molar-refractivity contribution in [1.82, 2.24) is 0 Å². The Kier molecular flexibility index (Phi) is 3.93. The SMILES string of the molecule is CC#CCOc1ccc(S(N)(=O)=O)cc1C. The Balaban J connectivity index is 2.95. The van der Waals surface area contributed by atoms with E-state index in [0.717, 1.165) is 0 Å². The van der Waals surface area contributed by atoms with Crippen molar-refractivity contribution in [2.45, 2.75) is 18.7 Å². The van der Waals surface area contributed by atoms with Crippen LogP contribution in [0, 0.1) is 18.8 Å². The van der Waals surface area contributed by atoms with Crippen LogP contribution < -0.4 is 9.88 Å². The molecule has 1 rings (SSSR count). The summed E-state index contributed by atoms with van der Waals surface area (Å²) in [6.07, 6.45) is 0. The topological polar surface area (TPSA) is 69.4 Å². The molecule has 0 atom stereocenters. The van der Waals surface area contributed by atoms with E-state index >= 15 is 0 Å². The Morgan fingerprint density at radius 3 is 2.62 bits per heavy atom. The molecule has 0 saturated carbocycles. The minimum Gasteiger partial charge on any atom is -0.481 e. The Bertz CT molecular complexity index is 538. The zero-order chi connectivity index (χ0) is 12.2. The van der Waals surface area contributed by atoms with E-state index in [1.807, 2.05) is 0 Å². The fourth-order valence-electron chi connectivity index (χ4n) is 1.15. The monoisotopic (exact) mass is 239 g/mol. The number of sulfonamides is 1. The summed E-state index contributed by atoms with van der Waals surface area (Å²) < 4.78 is 27.5. The summed E-state index contributed by atoms with van der Waals surface area (Å²) in [5, 5.41) is 5.01. The van der Waals surface area contributed by atoms with Gasteiger partial charge in [0.15, 0.2) is 0 Å². The van der Waals surface area contributed by atoms with Crippen molar-refractivity contribution in [1.29, 1.82) is 0 Å². The summed E-state index contributed by atoms with van der Waals surface area (Å²) in [7, 11) is -3.65. The number of benzene rings is 1. The average molecular weight is 239 g/mol. The van der Waals surface area contributed by atoms with Crippen molar-refractivity contribution >= 4 is 10.0 Å². The molecule has 0 radical (unpaired) electrons. The molecule has 4 nitrogen and oxygen atoms in total. The predicted molar refractivity (Wildman–Crippen MR) is 61.5 cm³/mol. The van der Waals surface area contributed by atoms with Crippen molar-refractivity contribution in [3.8, 4) is 17.6 Å². The summed E-state index contributed by atoms with van der Waals surface area (Å²) >= 11 is 0. The Morgan fingerprint density at radius 2 is 2.12 bits per heavy atom. The molecule has 0 aromatic heterocycles. The van der Waals surface area contributed by atoms with Crippen LogP contribution in [0.2, 0.25) is 0 Å². The highest BCUT2D eigenvalue weighted by atomic mass is 32.2. The van der Waals surface area contributed by atoms with Crippen LogP contribution in [0.3, 0.4) is 0 Å². The number of primary sulfonamides is 1. The van der Waals surface area contributed by atoms with Crippen molar-refractivity contribution < 1.29 is 13.2 Å². The quantitative estimate of drug-likeness (QED) is 0.801. The summed E-state index contributed by atoms with van der Waals surface area (Å²) in [5.41, 5.74) is 0.712. The molecule has 1 aromatic carbocycles. The minimum atomic E-state index is -3.65. The molecule has 16 heavy (non-hydrogen) atoms. The van der Waals surface area contributed by atoms with E-state index in [0.29, 0.717) is 11.3 Å². The molecule has 0 heterocycles. The molecule has 0 spiro atoms. The van der Waals surface area contributed by atoms with Crippen LogP contribution in [0.15, 0.2) is 23.1 Å². The Morgan fingerprint density at radius 1 is 1.44 bits per heavy atom. The predicted octanol–water partition coefficient (Wildman–Crippen LogP) is 1.04. The first-order chi connectivity index (χ1) is 7.45. The molecule has 5 heteroatoms. The normalized spacial score (nSPS) is 10.4. The highest BCUT2D eigenvalue weighted by molar-refractivity contribution is 7.89. The zero-order valence-corrected chi connectivity index (χ0v) is 9.97. The van der Waals surface area contributed by atoms with E-state index in [4.69, 9.17) is 9.88 Å². The highest BCUT2D eigenvalue weighted by Crippen LogP contribution is 2.20. The van der Waals surface area contributed by atoms with Gasteiger partial charge in [0.1, 0.15) is 12.4 Å². The lowest BCUT2D eigenvalue weighted by Gasteiger charge is -2.07. The van der Waals surface area contributed by atoms with E-state index in [9.17, 15) is 8.42 Å². The van der Waals surface area contributed by atoms with E-state index in [1.54, 1.807) is 19.9 Å². The minimum absolute atomic E-state index is 0.0823. The number of hydrogen-bond acceptors (Lipinski definition) is 3. The smallest absolute Gasteiger partial charge is 0.238 e. The summed E-state index contributed by atoms with van der Waals surface area (Å²) in [5.74, 6) is 6.06. The van der Waals surface area contributed by atoms with Crippen LogP contribution in [0.5, 0.6) is 5.75 Å². The first kappa shape index (κ1) is 12.6. The van der Waals surface area contributed by atoms with Crippen LogP contribution in [0.4, 0.5) is 0 Å². The van der Waals surface area contributed by atoms with Gasteiger partial charge in [-0.05, 0) is 37.6 Å². The van der Waals surface area contributed by atoms with Gasteiger partial charge >= 0.3 is 0 Å². The summed E-state index contributed by atoms with van der Waals surface area (Å²) in [4.78, 5) is 0.0823. The van der Waals surface area contributed by atoms with E-state index in [-0.39, 0.29) is 11.5 Å². The third-order valence-electron chi connectivity index (χ3n) is 1.95. The molecule has 0 aliphatic heterocycles. The molecule has 2 N–H and O–H groups in total. The molecule has 0 bridgehead atoms. The second-order valence-electron chi connectivity index (χ2n) is 3.19. The molecule has 0 saturated heterocycles. The van der Waals surface area contributed by atoms with Gasteiger partial charge in [0.2, 0.25) is 10.0 Å². The molecular formula is C11H13NO3S. The summed E-state index contributed by atoms with van der Waals surface area (Å²) in [6.45, 7) is 3.76. The van der Waals surface area contributed by atoms with Gasteiger partial charge in [-0.15, -0.1) is 5.92 Å². The molecular weight excluding hydrogens is 226 g/mol. The lowest BCUT2D eigenvalue weighted by atomic mass is 10.2. The fourth-order valence-corrected chi connectivity index (χ4v) is 1.75. The standard InChI is InChI=1S/C11H13NO3S/c1-3-4-7-15-11-6-5-10(8-9(11)2)16(12,13)14/h5-6,8H,7H2,1-2H3,(H2,12,13,14). The lowest BCUT2D eigenvalue weighted by molar-refractivity contribution is 0.367. The van der Waals surface area contributed by atoms with Gasteiger partial charge in [-0.3, -0.25) is 0 Å². The van der Waals surface area contributed by atoms with Crippen LogP contribution in [-0.4, -0.2) is 15.0 Å². The van der Waals surface area contributed by atoms with Gasteiger partial charge in [-0.2, -0.15) is 0 Å². The van der Waals surface area contributed by atoms with E-state index in [1.165, 1.54) is 12.1 Å². The molecule has 1 aromatic rings. The molecule has 0 aliphatic rings. The number of ether oxygens (including phenoxy) is 1. The molecule has 0 amide bonds. The first-order valence-corrected chi connectivity index (χ1v) is 6.15. The third-order valence-corrected chi connectivity index (χ3v) is 2.86. The zero-order valence-electron chi connectivity index (χ0n) is 9.15. The number of rotatable bonds is 3. The van der Waals surface area contributed by atoms with Gasteiger partial charge in [-0.25, -0.2) is 13.6 Å². The number of hydrogen-bond donors (Lipinski definition) is 1.